The fourth-order valence-electron chi connectivity index (χ4n) is 1.60. The Morgan fingerprint density at radius 3 is 2.75 bits per heavy atom. The molecule has 0 spiro atoms. The van der Waals surface area contributed by atoms with Crippen LogP contribution in [0.5, 0.6) is 0 Å². The van der Waals surface area contributed by atoms with Crippen LogP contribution in [0.15, 0.2) is 34.1 Å². The zero-order valence-corrected chi connectivity index (χ0v) is 11.9. The quantitative estimate of drug-likeness (QED) is 0.866. The monoisotopic (exact) mass is 315 g/mol. The van der Waals surface area contributed by atoms with Gasteiger partial charge in [0.15, 0.2) is 0 Å². The lowest BCUT2D eigenvalue weighted by Gasteiger charge is -2.13. The molecule has 2 aromatic rings. The highest BCUT2D eigenvalue weighted by Gasteiger charge is 2.15. The summed E-state index contributed by atoms with van der Waals surface area (Å²) in [5.41, 5.74) is 8.41. The Morgan fingerprint density at radius 2 is 2.12 bits per heavy atom. The molecule has 2 rings (SSSR count). The van der Waals surface area contributed by atoms with E-state index >= 15 is 0 Å². The molecule has 1 heterocycles. The summed E-state index contributed by atoms with van der Waals surface area (Å²) in [5.74, 6) is 0. The van der Waals surface area contributed by atoms with Crippen molar-refractivity contribution in [3.63, 3.8) is 0 Å². The van der Waals surface area contributed by atoms with Crippen molar-refractivity contribution >= 4 is 38.9 Å². The molecule has 1 nitrogen and oxygen atoms in total. The third-order valence-electron chi connectivity index (χ3n) is 2.48. The van der Waals surface area contributed by atoms with Crippen molar-refractivity contribution in [2.45, 2.75) is 13.0 Å². The largest absolute Gasteiger partial charge is 0.320 e. The van der Waals surface area contributed by atoms with Crippen LogP contribution in [0.1, 0.15) is 22.0 Å². The van der Waals surface area contributed by atoms with Gasteiger partial charge in [0.2, 0.25) is 0 Å². The molecule has 16 heavy (non-hydrogen) atoms. The Kier molecular flexibility index (Phi) is 3.70. The summed E-state index contributed by atoms with van der Waals surface area (Å²) in [7, 11) is 0. The Labute approximate surface area is 112 Å². The molecule has 1 atom stereocenters. The SMILES string of the molecule is Cc1ccsc1C(N)c1cc(Br)ccc1Cl. The van der Waals surface area contributed by atoms with Gasteiger partial charge in [0, 0.05) is 14.4 Å². The van der Waals surface area contributed by atoms with Crippen molar-refractivity contribution in [2.75, 3.05) is 0 Å². The lowest BCUT2D eigenvalue weighted by Crippen LogP contribution is -2.11. The molecule has 0 saturated heterocycles. The lowest BCUT2D eigenvalue weighted by molar-refractivity contribution is 0.884. The first-order chi connectivity index (χ1) is 7.59. The number of aryl methyl sites for hydroxylation is 1. The summed E-state index contributed by atoms with van der Waals surface area (Å²) in [6, 6.07) is 7.69. The Hall–Kier alpha value is -0.350. The van der Waals surface area contributed by atoms with E-state index in [1.54, 1.807) is 11.3 Å². The van der Waals surface area contributed by atoms with E-state index in [9.17, 15) is 0 Å². The van der Waals surface area contributed by atoms with Crippen molar-refractivity contribution in [1.82, 2.24) is 0 Å². The predicted octanol–water partition coefficient (Wildman–Crippen LogP) is 4.52. The molecule has 0 radical (unpaired) electrons. The van der Waals surface area contributed by atoms with Crippen LogP contribution < -0.4 is 5.73 Å². The zero-order valence-electron chi connectivity index (χ0n) is 8.71. The first kappa shape index (κ1) is 12.1. The highest BCUT2D eigenvalue weighted by Crippen LogP contribution is 2.32. The third-order valence-corrected chi connectivity index (χ3v) is 4.42. The second-order valence-electron chi connectivity index (χ2n) is 3.61. The summed E-state index contributed by atoms with van der Waals surface area (Å²) >= 11 is 11.3. The first-order valence-electron chi connectivity index (χ1n) is 4.84. The van der Waals surface area contributed by atoms with Crippen LogP contribution in [0.4, 0.5) is 0 Å². The third kappa shape index (κ3) is 2.33. The molecule has 2 N–H and O–H groups in total. The van der Waals surface area contributed by atoms with E-state index < -0.39 is 0 Å². The number of nitrogens with two attached hydrogens (primary N) is 1. The molecule has 1 unspecified atom stereocenters. The summed E-state index contributed by atoms with van der Waals surface area (Å²) < 4.78 is 0.997. The number of halogens is 2. The molecule has 1 aromatic carbocycles. The van der Waals surface area contributed by atoms with E-state index in [1.807, 2.05) is 18.2 Å². The Morgan fingerprint density at radius 1 is 1.38 bits per heavy atom. The van der Waals surface area contributed by atoms with Crippen LogP contribution in [-0.2, 0) is 0 Å². The van der Waals surface area contributed by atoms with Crippen molar-refractivity contribution in [3.8, 4) is 0 Å². The maximum Gasteiger partial charge on any atom is 0.0663 e. The molecule has 0 aliphatic rings. The van der Waals surface area contributed by atoms with Crippen molar-refractivity contribution in [3.05, 3.63) is 55.1 Å². The molecule has 0 saturated carbocycles. The standard InChI is InChI=1S/C12H11BrClNS/c1-7-4-5-16-12(7)11(15)9-6-8(13)2-3-10(9)14/h2-6,11H,15H2,1H3. The van der Waals surface area contributed by atoms with E-state index in [0.29, 0.717) is 5.02 Å². The summed E-state index contributed by atoms with van der Waals surface area (Å²) in [4.78, 5) is 1.17. The van der Waals surface area contributed by atoms with Gasteiger partial charge >= 0.3 is 0 Å². The lowest BCUT2D eigenvalue weighted by atomic mass is 10.0. The van der Waals surface area contributed by atoms with Crippen LogP contribution in [0.25, 0.3) is 0 Å². The topological polar surface area (TPSA) is 26.0 Å². The number of hydrogen-bond donors (Lipinski definition) is 1. The maximum atomic E-state index is 6.24. The van der Waals surface area contributed by atoms with Gasteiger partial charge in [-0.25, -0.2) is 0 Å². The first-order valence-corrected chi connectivity index (χ1v) is 6.89. The van der Waals surface area contributed by atoms with Gasteiger partial charge in [-0.05, 0) is 47.7 Å². The van der Waals surface area contributed by atoms with Gasteiger partial charge < -0.3 is 5.73 Å². The van der Waals surface area contributed by atoms with Crippen LogP contribution >= 0.6 is 38.9 Å². The zero-order chi connectivity index (χ0) is 11.7. The van der Waals surface area contributed by atoms with Crippen LogP contribution in [0.3, 0.4) is 0 Å². The minimum Gasteiger partial charge on any atom is -0.320 e. The molecule has 0 fully saturated rings. The average Bonchev–Trinajstić information content (AvgIpc) is 2.67. The summed E-state index contributed by atoms with van der Waals surface area (Å²) in [6.45, 7) is 2.07. The number of thiophene rings is 1. The van der Waals surface area contributed by atoms with Crippen LogP contribution in [-0.4, -0.2) is 0 Å². The Balaban J connectivity index is 2.45. The van der Waals surface area contributed by atoms with Gasteiger partial charge in [-0.3, -0.25) is 0 Å². The van der Waals surface area contributed by atoms with Gasteiger partial charge in [-0.1, -0.05) is 27.5 Å². The molecule has 1 aromatic heterocycles. The van der Waals surface area contributed by atoms with Crippen molar-refractivity contribution in [2.24, 2.45) is 5.73 Å². The van der Waals surface area contributed by atoms with E-state index in [2.05, 4.69) is 34.3 Å². The van der Waals surface area contributed by atoms with Crippen molar-refractivity contribution in [1.29, 1.82) is 0 Å². The second kappa shape index (κ2) is 4.88. The average molecular weight is 317 g/mol. The molecule has 0 bridgehead atoms. The molecule has 0 amide bonds. The highest BCUT2D eigenvalue weighted by molar-refractivity contribution is 9.10. The van der Waals surface area contributed by atoms with Crippen LogP contribution in [0.2, 0.25) is 5.02 Å². The van der Waals surface area contributed by atoms with Gasteiger partial charge in [0.1, 0.15) is 0 Å². The Bertz CT molecular complexity index is 509. The van der Waals surface area contributed by atoms with E-state index in [4.69, 9.17) is 17.3 Å². The minimum atomic E-state index is -0.148. The summed E-state index contributed by atoms with van der Waals surface area (Å²) in [6.07, 6.45) is 0. The smallest absolute Gasteiger partial charge is 0.0663 e. The molecule has 0 aliphatic heterocycles. The maximum absolute atomic E-state index is 6.24. The number of hydrogen-bond acceptors (Lipinski definition) is 2. The van der Waals surface area contributed by atoms with E-state index in [0.717, 1.165) is 10.0 Å². The van der Waals surface area contributed by atoms with Crippen molar-refractivity contribution < 1.29 is 0 Å². The fraction of sp³-hybridized carbons (Fsp3) is 0.167. The fourth-order valence-corrected chi connectivity index (χ4v) is 3.16. The van der Waals surface area contributed by atoms with Gasteiger partial charge in [-0.15, -0.1) is 11.3 Å². The van der Waals surface area contributed by atoms with Gasteiger partial charge in [0.05, 0.1) is 6.04 Å². The molecule has 4 heteroatoms. The minimum absolute atomic E-state index is 0.148. The van der Waals surface area contributed by atoms with E-state index in [1.165, 1.54) is 10.4 Å². The van der Waals surface area contributed by atoms with Gasteiger partial charge in [-0.2, -0.15) is 0 Å². The number of rotatable bonds is 2. The molecule has 84 valence electrons. The number of benzene rings is 1. The molecule has 0 aliphatic carbocycles. The van der Waals surface area contributed by atoms with Crippen LogP contribution in [0, 0.1) is 6.92 Å². The molecular formula is C12H11BrClNS. The normalized spacial score (nSPS) is 12.8. The summed E-state index contributed by atoms with van der Waals surface area (Å²) in [5, 5.41) is 2.76. The van der Waals surface area contributed by atoms with E-state index in [-0.39, 0.29) is 6.04 Å². The predicted molar refractivity (Wildman–Crippen MR) is 74.2 cm³/mol. The van der Waals surface area contributed by atoms with Gasteiger partial charge in [0.25, 0.3) is 0 Å². The molecular weight excluding hydrogens is 306 g/mol. The second-order valence-corrected chi connectivity index (χ2v) is 5.88. The highest BCUT2D eigenvalue weighted by atomic mass is 79.9.